The quantitative estimate of drug-likeness (QED) is 0.398. The van der Waals surface area contributed by atoms with E-state index in [2.05, 4.69) is 10.0 Å². The third-order valence-corrected chi connectivity index (χ3v) is 2.42. The highest BCUT2D eigenvalue weighted by atomic mass is 35.5. The Morgan fingerprint density at radius 2 is 2.43 bits per heavy atom. The molecule has 72 valence electrons. The molecular formula is C9H8ClN3O. The summed E-state index contributed by atoms with van der Waals surface area (Å²) in [6, 6.07) is 5.31. The first-order valence-corrected chi connectivity index (χ1v) is 4.59. The van der Waals surface area contributed by atoms with Gasteiger partial charge >= 0.3 is 0 Å². The number of hydrogen-bond acceptors (Lipinski definition) is 2. The lowest BCUT2D eigenvalue weighted by molar-refractivity contribution is 0.0925. The van der Waals surface area contributed by atoms with Crippen molar-refractivity contribution in [2.24, 2.45) is 5.11 Å². The van der Waals surface area contributed by atoms with E-state index < -0.39 is 0 Å². The molecule has 14 heavy (non-hydrogen) atoms. The summed E-state index contributed by atoms with van der Waals surface area (Å²) in [7, 11) is 0. The zero-order valence-corrected chi connectivity index (χ0v) is 8.11. The second-order valence-corrected chi connectivity index (χ2v) is 3.52. The Balaban J connectivity index is 2.44. The number of rotatable bonds is 1. The van der Waals surface area contributed by atoms with Gasteiger partial charge in [0.05, 0.1) is 19.3 Å². The van der Waals surface area contributed by atoms with Crippen LogP contribution in [0, 0.1) is 0 Å². The SMILES string of the molecule is [N-]=[N+]=N[C@@H]1COCc2cc(Cl)ccc21. The maximum Gasteiger partial charge on any atom is 0.0862 e. The molecule has 1 aliphatic heterocycles. The van der Waals surface area contributed by atoms with Crippen molar-refractivity contribution in [3.63, 3.8) is 0 Å². The van der Waals surface area contributed by atoms with Gasteiger partial charge in [-0.25, -0.2) is 0 Å². The molecule has 0 aromatic heterocycles. The lowest BCUT2D eigenvalue weighted by atomic mass is 10.00. The highest BCUT2D eigenvalue weighted by Gasteiger charge is 2.19. The van der Waals surface area contributed by atoms with E-state index in [9.17, 15) is 0 Å². The third kappa shape index (κ3) is 1.68. The molecule has 0 unspecified atom stereocenters. The van der Waals surface area contributed by atoms with Crippen LogP contribution in [0.2, 0.25) is 5.02 Å². The van der Waals surface area contributed by atoms with E-state index in [1.54, 1.807) is 6.07 Å². The van der Waals surface area contributed by atoms with Crippen molar-refractivity contribution in [2.45, 2.75) is 12.6 Å². The first-order chi connectivity index (χ1) is 6.81. The number of benzene rings is 1. The minimum Gasteiger partial charge on any atom is -0.376 e. The molecule has 0 amide bonds. The van der Waals surface area contributed by atoms with E-state index in [1.165, 1.54) is 0 Å². The van der Waals surface area contributed by atoms with Gasteiger partial charge in [-0.3, -0.25) is 0 Å². The summed E-state index contributed by atoms with van der Waals surface area (Å²) in [4.78, 5) is 2.79. The average molecular weight is 210 g/mol. The number of azide groups is 1. The molecule has 1 aromatic rings. The summed E-state index contributed by atoms with van der Waals surface area (Å²) in [6.45, 7) is 0.978. The Bertz CT molecular complexity index is 401. The van der Waals surface area contributed by atoms with Crippen LogP contribution in [0.3, 0.4) is 0 Å². The van der Waals surface area contributed by atoms with Crippen LogP contribution in [0.4, 0.5) is 0 Å². The number of fused-ring (bicyclic) bond motifs is 1. The standard InChI is InChI=1S/C9H8ClN3O/c10-7-1-2-8-6(3-7)4-14-5-9(8)12-13-11/h1-3,9H,4-5H2/t9-/m1/s1. The molecule has 1 aliphatic rings. The van der Waals surface area contributed by atoms with E-state index >= 15 is 0 Å². The molecule has 4 nitrogen and oxygen atoms in total. The van der Waals surface area contributed by atoms with Crippen LogP contribution in [-0.2, 0) is 11.3 Å². The van der Waals surface area contributed by atoms with Crippen LogP contribution in [0.5, 0.6) is 0 Å². The van der Waals surface area contributed by atoms with Crippen molar-refractivity contribution in [3.8, 4) is 0 Å². The lowest BCUT2D eigenvalue weighted by Gasteiger charge is -2.22. The van der Waals surface area contributed by atoms with E-state index in [0.29, 0.717) is 18.2 Å². The van der Waals surface area contributed by atoms with E-state index in [-0.39, 0.29) is 6.04 Å². The summed E-state index contributed by atoms with van der Waals surface area (Å²) in [5.74, 6) is 0. The van der Waals surface area contributed by atoms with Crippen molar-refractivity contribution < 1.29 is 4.74 Å². The zero-order valence-electron chi connectivity index (χ0n) is 7.35. The van der Waals surface area contributed by atoms with Crippen molar-refractivity contribution in [3.05, 3.63) is 44.8 Å². The molecule has 0 saturated carbocycles. The molecule has 0 bridgehead atoms. The van der Waals surface area contributed by atoms with E-state index in [1.807, 2.05) is 12.1 Å². The van der Waals surface area contributed by atoms with Crippen LogP contribution < -0.4 is 0 Å². The molecular weight excluding hydrogens is 202 g/mol. The second kappa shape index (κ2) is 3.88. The van der Waals surface area contributed by atoms with E-state index in [4.69, 9.17) is 21.9 Å². The van der Waals surface area contributed by atoms with Crippen molar-refractivity contribution in [2.75, 3.05) is 6.61 Å². The highest BCUT2D eigenvalue weighted by Crippen LogP contribution is 2.29. The van der Waals surface area contributed by atoms with Crippen LogP contribution in [0.1, 0.15) is 17.2 Å². The zero-order chi connectivity index (χ0) is 9.97. The van der Waals surface area contributed by atoms with Gasteiger partial charge in [-0.1, -0.05) is 22.8 Å². The Labute approximate surface area is 86.1 Å². The Hall–Kier alpha value is -1.22. The molecule has 0 N–H and O–H groups in total. The minimum atomic E-state index is -0.221. The normalized spacial score (nSPS) is 19.6. The molecule has 1 atom stereocenters. The summed E-state index contributed by atoms with van der Waals surface area (Å²) in [5, 5.41) is 4.34. The smallest absolute Gasteiger partial charge is 0.0862 e. The van der Waals surface area contributed by atoms with Gasteiger partial charge in [-0.2, -0.15) is 0 Å². The Morgan fingerprint density at radius 3 is 3.21 bits per heavy atom. The van der Waals surface area contributed by atoms with Gasteiger partial charge in [0, 0.05) is 9.93 Å². The first kappa shape index (κ1) is 9.34. The number of hydrogen-bond donors (Lipinski definition) is 0. The number of ether oxygens (including phenoxy) is 1. The minimum absolute atomic E-state index is 0.221. The van der Waals surface area contributed by atoms with Gasteiger partial charge in [0.2, 0.25) is 0 Å². The monoisotopic (exact) mass is 209 g/mol. The van der Waals surface area contributed by atoms with Gasteiger partial charge in [-0.15, -0.1) is 0 Å². The van der Waals surface area contributed by atoms with Gasteiger partial charge in [0.25, 0.3) is 0 Å². The maximum absolute atomic E-state index is 8.38. The second-order valence-electron chi connectivity index (χ2n) is 3.08. The van der Waals surface area contributed by atoms with Gasteiger partial charge < -0.3 is 4.74 Å². The summed E-state index contributed by atoms with van der Waals surface area (Å²) in [6.07, 6.45) is 0. The van der Waals surface area contributed by atoms with Gasteiger partial charge in [0.15, 0.2) is 0 Å². The topological polar surface area (TPSA) is 58.0 Å². The van der Waals surface area contributed by atoms with Crippen molar-refractivity contribution in [1.82, 2.24) is 0 Å². The molecule has 5 heteroatoms. The molecule has 1 heterocycles. The molecule has 2 rings (SSSR count). The molecule has 0 radical (unpaired) electrons. The number of nitrogens with zero attached hydrogens (tertiary/aromatic N) is 3. The maximum atomic E-state index is 8.38. The summed E-state index contributed by atoms with van der Waals surface area (Å²) in [5.41, 5.74) is 10.4. The Morgan fingerprint density at radius 1 is 1.57 bits per heavy atom. The molecule has 0 aliphatic carbocycles. The predicted octanol–water partition coefficient (Wildman–Crippen LogP) is 3.22. The highest BCUT2D eigenvalue weighted by molar-refractivity contribution is 6.30. The first-order valence-electron chi connectivity index (χ1n) is 4.21. The molecule has 1 aromatic carbocycles. The fourth-order valence-corrected chi connectivity index (χ4v) is 1.75. The molecule has 0 fully saturated rings. The summed E-state index contributed by atoms with van der Waals surface area (Å²) >= 11 is 5.84. The fourth-order valence-electron chi connectivity index (χ4n) is 1.55. The third-order valence-electron chi connectivity index (χ3n) is 2.19. The van der Waals surface area contributed by atoms with Crippen LogP contribution in [-0.4, -0.2) is 6.61 Å². The van der Waals surface area contributed by atoms with Crippen molar-refractivity contribution >= 4 is 11.6 Å². The van der Waals surface area contributed by atoms with Crippen molar-refractivity contribution in [1.29, 1.82) is 0 Å². The average Bonchev–Trinajstić information content (AvgIpc) is 2.18. The van der Waals surface area contributed by atoms with E-state index in [0.717, 1.165) is 11.1 Å². The lowest BCUT2D eigenvalue weighted by Crippen LogP contribution is -2.14. The van der Waals surface area contributed by atoms with Gasteiger partial charge in [-0.05, 0) is 28.8 Å². The molecule has 0 spiro atoms. The Kier molecular flexibility index (Phi) is 2.59. The number of halogens is 1. The largest absolute Gasteiger partial charge is 0.376 e. The van der Waals surface area contributed by atoms with Crippen LogP contribution in [0.15, 0.2) is 23.3 Å². The fraction of sp³-hybridized carbons (Fsp3) is 0.333. The predicted molar refractivity (Wildman–Crippen MR) is 53.0 cm³/mol. The molecule has 0 saturated heterocycles. The summed E-state index contributed by atoms with van der Waals surface area (Å²) < 4.78 is 5.29. The van der Waals surface area contributed by atoms with Crippen LogP contribution >= 0.6 is 11.6 Å². The van der Waals surface area contributed by atoms with Crippen LogP contribution in [0.25, 0.3) is 10.4 Å². The van der Waals surface area contributed by atoms with Gasteiger partial charge in [0.1, 0.15) is 0 Å².